The molecule has 0 unspecified atom stereocenters. The van der Waals surface area contributed by atoms with Gasteiger partial charge in [0.15, 0.2) is 5.82 Å². The van der Waals surface area contributed by atoms with Crippen LogP contribution >= 0.6 is 15.9 Å². The molecule has 8 heteroatoms. The second kappa shape index (κ2) is 5.06. The lowest BCUT2D eigenvalue weighted by Gasteiger charge is -2.13. The van der Waals surface area contributed by atoms with Gasteiger partial charge < -0.3 is 10.7 Å². The van der Waals surface area contributed by atoms with E-state index in [1.807, 2.05) is 29.8 Å². The molecule has 0 spiro atoms. The lowest BCUT2D eigenvalue weighted by Crippen LogP contribution is -2.20. The Labute approximate surface area is 134 Å². The Kier molecular flexibility index (Phi) is 3.04. The number of hydrogen-bond donors (Lipinski definition) is 2. The number of aryl methyl sites for hydroxylation is 1. The third-order valence-corrected chi connectivity index (χ3v) is 3.95. The zero-order valence-corrected chi connectivity index (χ0v) is 13.3. The predicted octanol–water partition coefficient (Wildman–Crippen LogP) is 2.01. The Morgan fingerprint density at radius 3 is 3.00 bits per heavy atom. The molecule has 0 saturated carbocycles. The molecule has 1 aromatic rings. The summed E-state index contributed by atoms with van der Waals surface area (Å²) in [7, 11) is 0. The Bertz CT molecular complexity index is 885. The molecule has 0 saturated heterocycles. The molecule has 1 aromatic heterocycles. The molecule has 0 radical (unpaired) electrons. The fourth-order valence-corrected chi connectivity index (χ4v) is 2.85. The van der Waals surface area contributed by atoms with E-state index in [4.69, 9.17) is 0 Å². The van der Waals surface area contributed by atoms with Gasteiger partial charge in [0, 0.05) is 17.5 Å². The van der Waals surface area contributed by atoms with Crippen molar-refractivity contribution >= 4 is 27.4 Å². The van der Waals surface area contributed by atoms with E-state index in [9.17, 15) is 0 Å². The molecule has 0 aromatic carbocycles. The molecule has 0 aliphatic carbocycles. The smallest absolute Gasteiger partial charge is 0.251 e. The van der Waals surface area contributed by atoms with Crippen LogP contribution in [0.1, 0.15) is 5.69 Å². The second-order valence-corrected chi connectivity index (χ2v) is 5.76. The van der Waals surface area contributed by atoms with Crippen LogP contribution in [0.15, 0.2) is 40.1 Å². The van der Waals surface area contributed by atoms with Crippen molar-refractivity contribution in [1.29, 1.82) is 0 Å². The first-order chi connectivity index (χ1) is 10.7. The maximum atomic E-state index is 4.54. The van der Waals surface area contributed by atoms with Crippen LogP contribution in [0.4, 0.5) is 11.5 Å². The number of nitrogens with one attached hydrogen (secondary N) is 2. The largest absolute Gasteiger partial charge is 0.351 e. The third kappa shape index (κ3) is 2.21. The van der Waals surface area contributed by atoms with Crippen LogP contribution in [0, 0.1) is 6.92 Å². The maximum absolute atomic E-state index is 4.54. The van der Waals surface area contributed by atoms with Gasteiger partial charge in [-0.15, -0.1) is 0 Å². The molecule has 4 rings (SSSR count). The van der Waals surface area contributed by atoms with Crippen molar-refractivity contribution in [2.24, 2.45) is 4.99 Å². The Balaban J connectivity index is 1.89. The monoisotopic (exact) mass is 357 g/mol. The summed E-state index contributed by atoms with van der Waals surface area (Å²) in [5.41, 5.74) is 6.23. The molecule has 0 amide bonds. The number of nitrogens with zero attached hydrogens (tertiary/aromatic N) is 5. The van der Waals surface area contributed by atoms with Crippen molar-refractivity contribution in [3.63, 3.8) is 0 Å². The molecule has 0 atom stereocenters. The van der Waals surface area contributed by atoms with Gasteiger partial charge in [-0.3, -0.25) is 4.98 Å². The average Bonchev–Trinajstić information content (AvgIpc) is 3.01. The quantitative estimate of drug-likeness (QED) is 0.696. The molecule has 7 nitrogen and oxygen atoms in total. The van der Waals surface area contributed by atoms with E-state index < -0.39 is 0 Å². The predicted molar refractivity (Wildman–Crippen MR) is 86.4 cm³/mol. The van der Waals surface area contributed by atoms with Crippen molar-refractivity contribution in [2.75, 3.05) is 17.4 Å². The van der Waals surface area contributed by atoms with Gasteiger partial charge in [0.25, 0.3) is 5.62 Å². The Hall–Kier alpha value is -2.48. The van der Waals surface area contributed by atoms with Crippen LogP contribution in [0.2, 0.25) is 0 Å². The van der Waals surface area contributed by atoms with Crippen molar-refractivity contribution in [2.45, 2.75) is 6.92 Å². The van der Waals surface area contributed by atoms with E-state index in [2.05, 4.69) is 46.6 Å². The van der Waals surface area contributed by atoms with Crippen LogP contribution < -0.4 is 16.4 Å². The first-order valence-corrected chi connectivity index (χ1v) is 7.53. The SMILES string of the molecule is Cc1ccc(N=c2ncc3cc(Br)c4n(c-3n2)NCN4)cn1. The summed E-state index contributed by atoms with van der Waals surface area (Å²) >= 11 is 3.54. The van der Waals surface area contributed by atoms with Gasteiger partial charge in [-0.2, -0.15) is 4.98 Å². The number of anilines is 1. The number of aromatic nitrogens is 4. The van der Waals surface area contributed by atoms with Gasteiger partial charge in [0.1, 0.15) is 12.5 Å². The average molecular weight is 358 g/mol. The molecule has 22 heavy (non-hydrogen) atoms. The zero-order chi connectivity index (χ0) is 15.1. The van der Waals surface area contributed by atoms with Gasteiger partial charge in [-0.25, -0.2) is 14.7 Å². The van der Waals surface area contributed by atoms with Crippen LogP contribution in [0.25, 0.3) is 11.4 Å². The molecular weight excluding hydrogens is 346 g/mol. The van der Waals surface area contributed by atoms with Gasteiger partial charge in [0.2, 0.25) is 0 Å². The Morgan fingerprint density at radius 2 is 2.18 bits per heavy atom. The molecule has 110 valence electrons. The van der Waals surface area contributed by atoms with E-state index >= 15 is 0 Å². The number of rotatable bonds is 1. The van der Waals surface area contributed by atoms with Crippen molar-refractivity contribution in [3.05, 3.63) is 46.4 Å². The van der Waals surface area contributed by atoms with Crippen LogP contribution in [0.5, 0.6) is 0 Å². The molecule has 2 N–H and O–H groups in total. The second-order valence-electron chi connectivity index (χ2n) is 4.91. The van der Waals surface area contributed by atoms with Crippen molar-refractivity contribution in [3.8, 4) is 11.4 Å². The normalized spacial score (nSPS) is 13.8. The van der Waals surface area contributed by atoms with E-state index in [-0.39, 0.29) is 0 Å². The van der Waals surface area contributed by atoms with Crippen molar-refractivity contribution in [1.82, 2.24) is 19.6 Å². The fourth-order valence-electron chi connectivity index (χ4n) is 2.29. The summed E-state index contributed by atoms with van der Waals surface area (Å²) < 4.78 is 2.86. The number of pyridine rings is 2. The van der Waals surface area contributed by atoms with Crippen LogP contribution in [-0.2, 0) is 0 Å². The lowest BCUT2D eigenvalue weighted by atomic mass is 10.2. The molecule has 3 aliphatic heterocycles. The molecule has 0 fully saturated rings. The fraction of sp³-hybridized carbons (Fsp3) is 0.143. The van der Waals surface area contributed by atoms with Gasteiger partial charge in [-0.05, 0) is 41.1 Å². The van der Waals surface area contributed by atoms with Crippen LogP contribution in [-0.4, -0.2) is 26.3 Å². The minimum absolute atomic E-state index is 0.406. The molecule has 4 heterocycles. The summed E-state index contributed by atoms with van der Waals surface area (Å²) in [6.07, 6.45) is 3.47. The minimum atomic E-state index is 0.406. The topological polar surface area (TPSA) is 80.0 Å². The first kappa shape index (κ1) is 13.2. The summed E-state index contributed by atoms with van der Waals surface area (Å²) in [4.78, 5) is 17.5. The van der Waals surface area contributed by atoms with E-state index in [1.54, 1.807) is 12.4 Å². The Morgan fingerprint density at radius 1 is 1.27 bits per heavy atom. The standard InChI is InChI=1S/C14H12BrN7/c1-8-2-3-10(6-16-8)20-14-17-5-9-4-11(15)13-18-7-19-22(13)12(9)21-14/h2-6,18-19H,7H2,1H3. The molecular formula is C14H12BrN7. The summed E-state index contributed by atoms with van der Waals surface area (Å²) in [5.74, 6) is 1.71. The molecule has 0 bridgehead atoms. The third-order valence-electron chi connectivity index (χ3n) is 3.34. The van der Waals surface area contributed by atoms with Crippen molar-refractivity contribution < 1.29 is 0 Å². The van der Waals surface area contributed by atoms with Gasteiger partial charge in [0.05, 0.1) is 16.4 Å². The highest BCUT2D eigenvalue weighted by Crippen LogP contribution is 2.31. The number of fused-ring (bicyclic) bond motifs is 3. The van der Waals surface area contributed by atoms with E-state index in [0.717, 1.165) is 33.1 Å². The summed E-state index contributed by atoms with van der Waals surface area (Å²) in [6.45, 7) is 2.59. The lowest BCUT2D eigenvalue weighted by molar-refractivity contribution is 0.885. The van der Waals surface area contributed by atoms with Gasteiger partial charge in [-0.1, -0.05) is 0 Å². The maximum Gasteiger partial charge on any atom is 0.251 e. The van der Waals surface area contributed by atoms with E-state index in [1.165, 1.54) is 0 Å². The first-order valence-electron chi connectivity index (χ1n) is 6.74. The van der Waals surface area contributed by atoms with E-state index in [0.29, 0.717) is 12.3 Å². The highest BCUT2D eigenvalue weighted by atomic mass is 79.9. The minimum Gasteiger partial charge on any atom is -0.351 e. The van der Waals surface area contributed by atoms with Crippen LogP contribution in [0.3, 0.4) is 0 Å². The zero-order valence-electron chi connectivity index (χ0n) is 11.7. The number of hydrogen-bond acceptors (Lipinski definition) is 6. The molecule has 3 aliphatic rings. The van der Waals surface area contributed by atoms with Gasteiger partial charge >= 0.3 is 0 Å². The summed E-state index contributed by atoms with van der Waals surface area (Å²) in [6, 6.07) is 5.79. The highest BCUT2D eigenvalue weighted by Gasteiger charge is 2.19. The highest BCUT2D eigenvalue weighted by molar-refractivity contribution is 9.10. The summed E-state index contributed by atoms with van der Waals surface area (Å²) in [5, 5.41) is 3.24. The number of halogens is 1.